The van der Waals surface area contributed by atoms with Gasteiger partial charge >= 0.3 is 0 Å². The molecule has 2 aromatic rings. The summed E-state index contributed by atoms with van der Waals surface area (Å²) < 4.78 is 24.5. The number of hydrogen-bond acceptors (Lipinski definition) is 6. The number of halogens is 1. The Balaban J connectivity index is 1.34. The number of aromatic nitrogens is 2. The Labute approximate surface area is 150 Å². The molecule has 0 saturated carbocycles. The topological polar surface area (TPSA) is 76.6 Å². The van der Waals surface area contributed by atoms with Crippen molar-refractivity contribution in [3.8, 4) is 11.5 Å². The summed E-state index contributed by atoms with van der Waals surface area (Å²) in [5.74, 6) is 1.85. The van der Waals surface area contributed by atoms with Gasteiger partial charge < -0.3 is 19.7 Å². The lowest BCUT2D eigenvalue weighted by atomic mass is 10.1. The van der Waals surface area contributed by atoms with Gasteiger partial charge in [-0.15, -0.1) is 5.10 Å². The molecule has 2 aliphatic rings. The van der Waals surface area contributed by atoms with E-state index in [9.17, 15) is 9.18 Å². The number of nitrogens with one attached hydrogen (secondary N) is 1. The van der Waals surface area contributed by atoms with E-state index in [-0.39, 0.29) is 31.7 Å². The summed E-state index contributed by atoms with van der Waals surface area (Å²) in [5.41, 5.74) is 0.840. The lowest BCUT2D eigenvalue weighted by Crippen LogP contribution is -2.41. The van der Waals surface area contributed by atoms with Gasteiger partial charge in [-0.05, 0) is 29.8 Å². The summed E-state index contributed by atoms with van der Waals surface area (Å²) in [4.78, 5) is 14.1. The van der Waals surface area contributed by atoms with E-state index in [1.54, 1.807) is 30.5 Å². The molecule has 1 aromatic carbocycles. The monoisotopic (exact) mass is 358 g/mol. The van der Waals surface area contributed by atoms with Gasteiger partial charge in [0.05, 0.1) is 19.0 Å². The molecule has 0 unspecified atom stereocenters. The van der Waals surface area contributed by atoms with Crippen LogP contribution in [0.3, 0.4) is 0 Å². The molecule has 1 amide bonds. The van der Waals surface area contributed by atoms with Crippen LogP contribution >= 0.6 is 0 Å². The van der Waals surface area contributed by atoms with E-state index in [4.69, 9.17) is 9.47 Å². The van der Waals surface area contributed by atoms with Gasteiger partial charge in [-0.2, -0.15) is 5.10 Å². The maximum absolute atomic E-state index is 13.9. The second kappa shape index (κ2) is 7.15. The number of benzene rings is 1. The maximum atomic E-state index is 13.9. The van der Waals surface area contributed by atoms with Crippen LogP contribution in [0.5, 0.6) is 11.5 Å². The number of nitrogens with zero attached hydrogens (tertiary/aromatic N) is 3. The van der Waals surface area contributed by atoms with Gasteiger partial charge in [-0.25, -0.2) is 4.39 Å². The Morgan fingerprint density at radius 1 is 1.31 bits per heavy atom. The number of fused-ring (bicyclic) bond motifs is 1. The van der Waals surface area contributed by atoms with E-state index in [1.807, 2.05) is 11.0 Å². The second-order valence-corrected chi connectivity index (χ2v) is 6.39. The molecule has 0 aliphatic carbocycles. The first-order valence-corrected chi connectivity index (χ1v) is 8.52. The number of carbonyl (C=O) groups excluding carboxylic acids is 1. The van der Waals surface area contributed by atoms with Gasteiger partial charge in [0.1, 0.15) is 6.17 Å². The smallest absolute Gasteiger partial charge is 0.231 e. The first kappa shape index (κ1) is 16.6. The van der Waals surface area contributed by atoms with Crippen molar-refractivity contribution < 1.29 is 18.7 Å². The fourth-order valence-corrected chi connectivity index (χ4v) is 3.31. The highest BCUT2D eigenvalue weighted by molar-refractivity contribution is 5.79. The molecule has 8 heteroatoms. The van der Waals surface area contributed by atoms with Crippen LogP contribution in [0.25, 0.3) is 0 Å². The average molecular weight is 358 g/mol. The minimum absolute atomic E-state index is 0.120. The molecule has 136 valence electrons. The third-order valence-electron chi connectivity index (χ3n) is 4.55. The maximum Gasteiger partial charge on any atom is 0.231 e. The van der Waals surface area contributed by atoms with Crippen LogP contribution in [0, 0.1) is 0 Å². The Morgan fingerprint density at radius 3 is 3.04 bits per heavy atom. The molecule has 1 saturated heterocycles. The second-order valence-electron chi connectivity index (χ2n) is 6.39. The van der Waals surface area contributed by atoms with Crippen LogP contribution in [0.1, 0.15) is 12.0 Å². The van der Waals surface area contributed by atoms with Gasteiger partial charge in [-0.3, -0.25) is 4.79 Å². The number of rotatable bonds is 5. The summed E-state index contributed by atoms with van der Waals surface area (Å²) in [6, 6.07) is 8.87. The fourth-order valence-electron chi connectivity index (χ4n) is 3.31. The molecule has 26 heavy (non-hydrogen) atoms. The molecule has 2 atom stereocenters. The van der Waals surface area contributed by atoms with Crippen LogP contribution in [-0.2, 0) is 11.2 Å². The summed E-state index contributed by atoms with van der Waals surface area (Å²) in [6.45, 7) is 0.830. The van der Waals surface area contributed by atoms with Crippen molar-refractivity contribution in [2.75, 3.05) is 24.8 Å². The van der Waals surface area contributed by atoms with Crippen LogP contribution in [-0.4, -0.2) is 48.2 Å². The molecular weight excluding hydrogens is 339 g/mol. The van der Waals surface area contributed by atoms with E-state index >= 15 is 0 Å². The van der Waals surface area contributed by atoms with Crippen LogP contribution in [0.4, 0.5) is 10.2 Å². The molecular formula is C18H19FN4O3. The van der Waals surface area contributed by atoms with E-state index in [0.717, 1.165) is 5.56 Å². The lowest BCUT2D eigenvalue weighted by Gasteiger charge is -2.24. The number of ether oxygens (including phenoxy) is 2. The number of anilines is 1. The van der Waals surface area contributed by atoms with E-state index < -0.39 is 6.17 Å². The summed E-state index contributed by atoms with van der Waals surface area (Å²) >= 11 is 0. The number of hydrogen-bond donors (Lipinski definition) is 1. The van der Waals surface area contributed by atoms with E-state index in [1.165, 1.54) is 0 Å². The van der Waals surface area contributed by atoms with Gasteiger partial charge in [0.15, 0.2) is 17.3 Å². The third kappa shape index (κ3) is 3.54. The molecule has 1 fully saturated rings. The normalized spacial score (nSPS) is 21.0. The summed E-state index contributed by atoms with van der Waals surface area (Å²) in [6.07, 6.45) is 1.23. The molecule has 7 nitrogen and oxygen atoms in total. The van der Waals surface area contributed by atoms with Crippen molar-refractivity contribution in [3.05, 3.63) is 42.1 Å². The standard InChI is InChI=1S/C18H19FN4O3/c19-13-8-14(23(10-13)17-2-1-5-21-22-17)9-20-18(24)7-12-3-4-15-16(6-12)26-11-25-15/h1-6,13-14H,7-11H2,(H,20,24)/t13-,14-/m0/s1. The quantitative estimate of drug-likeness (QED) is 0.873. The van der Waals surface area contributed by atoms with Gasteiger partial charge in [-0.1, -0.05) is 6.07 Å². The zero-order valence-corrected chi connectivity index (χ0v) is 14.1. The van der Waals surface area contributed by atoms with Crippen LogP contribution in [0.15, 0.2) is 36.5 Å². The van der Waals surface area contributed by atoms with Crippen molar-refractivity contribution in [2.45, 2.75) is 25.1 Å². The lowest BCUT2D eigenvalue weighted by molar-refractivity contribution is -0.120. The minimum atomic E-state index is -0.937. The van der Waals surface area contributed by atoms with Crippen molar-refractivity contribution in [2.24, 2.45) is 0 Å². The fraction of sp³-hybridized carbons (Fsp3) is 0.389. The zero-order valence-electron chi connectivity index (χ0n) is 14.1. The molecule has 0 spiro atoms. The number of carbonyl (C=O) groups is 1. The van der Waals surface area contributed by atoms with E-state index in [0.29, 0.717) is 30.3 Å². The van der Waals surface area contributed by atoms with Crippen molar-refractivity contribution >= 4 is 11.7 Å². The molecule has 1 N–H and O–H groups in total. The summed E-state index contributed by atoms with van der Waals surface area (Å²) in [5, 5.41) is 10.8. The predicted molar refractivity (Wildman–Crippen MR) is 92.0 cm³/mol. The largest absolute Gasteiger partial charge is 0.454 e. The van der Waals surface area contributed by atoms with Gasteiger partial charge in [0.25, 0.3) is 0 Å². The minimum Gasteiger partial charge on any atom is -0.454 e. The molecule has 0 bridgehead atoms. The Morgan fingerprint density at radius 2 is 2.19 bits per heavy atom. The SMILES string of the molecule is O=C(Cc1ccc2c(c1)OCO2)NC[C@@H]1C[C@H](F)CN1c1cccnn1. The van der Waals surface area contributed by atoms with Crippen molar-refractivity contribution in [1.82, 2.24) is 15.5 Å². The Hall–Kier alpha value is -2.90. The predicted octanol–water partition coefficient (Wildman–Crippen LogP) is 1.48. The highest BCUT2D eigenvalue weighted by Gasteiger charge is 2.33. The highest BCUT2D eigenvalue weighted by Crippen LogP contribution is 2.32. The Bertz CT molecular complexity index is 789. The molecule has 0 radical (unpaired) electrons. The van der Waals surface area contributed by atoms with Crippen LogP contribution < -0.4 is 19.7 Å². The number of amides is 1. The summed E-state index contributed by atoms with van der Waals surface area (Å²) in [7, 11) is 0. The van der Waals surface area contributed by atoms with E-state index in [2.05, 4.69) is 15.5 Å². The first-order valence-electron chi connectivity index (χ1n) is 8.52. The molecule has 1 aromatic heterocycles. The zero-order chi connectivity index (χ0) is 17.9. The molecule has 4 rings (SSSR count). The Kier molecular flexibility index (Phi) is 4.55. The van der Waals surface area contributed by atoms with Crippen LogP contribution in [0.2, 0.25) is 0 Å². The molecule has 2 aliphatic heterocycles. The number of alkyl halides is 1. The van der Waals surface area contributed by atoms with Gasteiger partial charge in [0, 0.05) is 19.2 Å². The average Bonchev–Trinajstić information content (AvgIpc) is 3.26. The molecule has 3 heterocycles. The first-order chi connectivity index (χ1) is 12.7. The van der Waals surface area contributed by atoms with Gasteiger partial charge in [0.2, 0.25) is 12.7 Å². The highest BCUT2D eigenvalue weighted by atomic mass is 19.1. The van der Waals surface area contributed by atoms with Crippen molar-refractivity contribution in [1.29, 1.82) is 0 Å². The van der Waals surface area contributed by atoms with Crippen molar-refractivity contribution in [3.63, 3.8) is 0 Å². The third-order valence-corrected chi connectivity index (χ3v) is 4.55.